The maximum atomic E-state index is 12.2. The second-order valence-electron chi connectivity index (χ2n) is 3.54. The van der Waals surface area contributed by atoms with Crippen molar-refractivity contribution in [3.05, 3.63) is 46.5 Å². The first-order chi connectivity index (χ1) is 8.09. The number of carbonyl (C=O) groups is 1. The smallest absolute Gasteiger partial charge is 0.188 e. The number of halogens is 3. The van der Waals surface area contributed by atoms with E-state index in [0.717, 1.165) is 0 Å². The van der Waals surface area contributed by atoms with Crippen LogP contribution in [0.2, 0.25) is 10.0 Å². The van der Waals surface area contributed by atoms with E-state index in [2.05, 4.69) is 10.1 Å². The van der Waals surface area contributed by atoms with Gasteiger partial charge in [0.25, 0.3) is 0 Å². The van der Waals surface area contributed by atoms with E-state index in [1.165, 1.54) is 17.3 Å². The third kappa shape index (κ3) is 3.02. The van der Waals surface area contributed by atoms with Gasteiger partial charge in [0.1, 0.15) is 18.7 Å². The molecule has 0 saturated heterocycles. The summed E-state index contributed by atoms with van der Waals surface area (Å²) < 4.78 is 1.48. The Bertz CT molecular complexity index is 542. The topological polar surface area (TPSA) is 47.8 Å². The van der Waals surface area contributed by atoms with Crippen molar-refractivity contribution in [1.29, 1.82) is 0 Å². The number of ketones is 1. The molecular weight excluding hydrogens is 296 g/mol. The Morgan fingerprint density at radius 2 is 2.11 bits per heavy atom. The maximum Gasteiger partial charge on any atom is 0.188 e. The predicted octanol–water partition coefficient (Wildman–Crippen LogP) is 3.45. The van der Waals surface area contributed by atoms with Gasteiger partial charge in [-0.05, 0) is 25.1 Å². The molecule has 0 amide bonds. The van der Waals surface area contributed by atoms with Gasteiger partial charge in [-0.25, -0.2) is 9.67 Å². The van der Waals surface area contributed by atoms with Gasteiger partial charge in [-0.3, -0.25) is 4.79 Å². The molecule has 0 fully saturated rings. The number of rotatable bonds is 3. The molecule has 0 aliphatic carbocycles. The lowest BCUT2D eigenvalue weighted by Crippen LogP contribution is -2.17. The van der Waals surface area contributed by atoms with Crippen LogP contribution in [0.15, 0.2) is 30.9 Å². The summed E-state index contributed by atoms with van der Waals surface area (Å²) in [4.78, 5) is 16.0. The van der Waals surface area contributed by atoms with Crippen molar-refractivity contribution >= 4 is 41.4 Å². The minimum Gasteiger partial charge on any atom is -0.292 e. The first-order valence-electron chi connectivity index (χ1n) is 4.93. The molecule has 2 rings (SSSR count). The number of nitrogens with zero attached hydrogens (tertiary/aromatic N) is 3. The SMILES string of the molecule is CC(C(=O)c1ccc(Cl)cc1Cl)n1cncn1.Cl. The van der Waals surface area contributed by atoms with E-state index in [-0.39, 0.29) is 18.2 Å². The molecule has 0 N–H and O–H groups in total. The maximum absolute atomic E-state index is 12.2. The Balaban J connectivity index is 0.00000162. The van der Waals surface area contributed by atoms with Gasteiger partial charge in [0.05, 0.1) is 5.02 Å². The zero-order valence-corrected chi connectivity index (χ0v) is 11.7. The molecule has 0 aliphatic rings. The monoisotopic (exact) mass is 305 g/mol. The molecular formula is C11H10Cl3N3O. The number of benzene rings is 1. The number of hydrogen-bond acceptors (Lipinski definition) is 3. The lowest BCUT2D eigenvalue weighted by molar-refractivity contribution is 0.0928. The first kappa shape index (κ1) is 15.0. The van der Waals surface area contributed by atoms with Crippen LogP contribution >= 0.6 is 35.6 Å². The van der Waals surface area contributed by atoms with E-state index in [1.807, 2.05) is 0 Å². The highest BCUT2D eigenvalue weighted by molar-refractivity contribution is 6.36. The highest BCUT2D eigenvalue weighted by Gasteiger charge is 2.19. The van der Waals surface area contributed by atoms with Gasteiger partial charge in [0.15, 0.2) is 5.78 Å². The summed E-state index contributed by atoms with van der Waals surface area (Å²) in [5.41, 5.74) is 0.430. The van der Waals surface area contributed by atoms with Crippen LogP contribution in [0.4, 0.5) is 0 Å². The van der Waals surface area contributed by atoms with Crippen molar-refractivity contribution in [2.75, 3.05) is 0 Å². The second kappa shape index (κ2) is 6.18. The van der Waals surface area contributed by atoms with Gasteiger partial charge in [0, 0.05) is 10.6 Å². The first-order valence-corrected chi connectivity index (χ1v) is 5.68. The molecule has 1 unspecified atom stereocenters. The van der Waals surface area contributed by atoms with E-state index in [4.69, 9.17) is 23.2 Å². The Labute approximate surface area is 120 Å². The Hall–Kier alpha value is -1.10. The summed E-state index contributed by atoms with van der Waals surface area (Å²) in [5.74, 6) is -0.128. The third-order valence-electron chi connectivity index (χ3n) is 2.41. The molecule has 96 valence electrons. The van der Waals surface area contributed by atoms with Gasteiger partial charge in [0.2, 0.25) is 0 Å². The molecule has 7 heteroatoms. The summed E-state index contributed by atoms with van der Waals surface area (Å²) >= 11 is 11.8. The van der Waals surface area contributed by atoms with Crippen LogP contribution in [0.1, 0.15) is 23.3 Å². The van der Waals surface area contributed by atoms with Crippen LogP contribution in [-0.2, 0) is 0 Å². The summed E-state index contributed by atoms with van der Waals surface area (Å²) in [6, 6.07) is 4.34. The Kier molecular flexibility index (Phi) is 5.14. The number of aromatic nitrogens is 3. The fraction of sp³-hybridized carbons (Fsp3) is 0.182. The molecule has 1 aromatic carbocycles. The average molecular weight is 307 g/mol. The number of hydrogen-bond donors (Lipinski definition) is 0. The van der Waals surface area contributed by atoms with E-state index in [1.54, 1.807) is 25.1 Å². The fourth-order valence-corrected chi connectivity index (χ4v) is 1.95. The van der Waals surface area contributed by atoms with Crippen LogP contribution in [0.5, 0.6) is 0 Å². The van der Waals surface area contributed by atoms with Gasteiger partial charge in [-0.15, -0.1) is 12.4 Å². The zero-order valence-electron chi connectivity index (χ0n) is 9.38. The van der Waals surface area contributed by atoms with Crippen LogP contribution in [0.3, 0.4) is 0 Å². The molecule has 0 bridgehead atoms. The predicted molar refractivity (Wildman–Crippen MR) is 72.8 cm³/mol. The van der Waals surface area contributed by atoms with Gasteiger partial charge in [-0.1, -0.05) is 23.2 Å². The minimum absolute atomic E-state index is 0. The van der Waals surface area contributed by atoms with Crippen LogP contribution in [0, 0.1) is 0 Å². The molecule has 0 aliphatic heterocycles. The highest BCUT2D eigenvalue weighted by atomic mass is 35.5. The Morgan fingerprint density at radius 1 is 1.39 bits per heavy atom. The largest absolute Gasteiger partial charge is 0.292 e. The summed E-state index contributed by atoms with van der Waals surface area (Å²) in [6.45, 7) is 1.74. The molecule has 1 atom stereocenters. The van der Waals surface area contributed by atoms with Crippen LogP contribution < -0.4 is 0 Å². The standard InChI is InChI=1S/C11H9Cl2N3O.ClH/c1-7(16-6-14-5-15-16)11(17)9-3-2-8(12)4-10(9)13;/h2-7H,1H3;1H. The summed E-state index contributed by atoms with van der Waals surface area (Å²) in [5, 5.41) is 4.77. The quantitative estimate of drug-likeness (QED) is 0.816. The van der Waals surface area contributed by atoms with Crippen molar-refractivity contribution < 1.29 is 4.79 Å². The lowest BCUT2D eigenvalue weighted by Gasteiger charge is -2.11. The molecule has 0 spiro atoms. The molecule has 0 radical (unpaired) electrons. The van der Waals surface area contributed by atoms with Crippen LogP contribution in [0.25, 0.3) is 0 Å². The van der Waals surface area contributed by atoms with Crippen molar-refractivity contribution in [3.63, 3.8) is 0 Å². The molecule has 4 nitrogen and oxygen atoms in total. The molecule has 1 heterocycles. The van der Waals surface area contributed by atoms with Crippen LogP contribution in [-0.4, -0.2) is 20.5 Å². The minimum atomic E-state index is -0.448. The molecule has 0 saturated carbocycles. The van der Waals surface area contributed by atoms with E-state index >= 15 is 0 Å². The van der Waals surface area contributed by atoms with E-state index in [9.17, 15) is 4.79 Å². The second-order valence-corrected chi connectivity index (χ2v) is 4.38. The van der Waals surface area contributed by atoms with Gasteiger partial charge < -0.3 is 0 Å². The van der Waals surface area contributed by atoms with Crippen molar-refractivity contribution in [3.8, 4) is 0 Å². The fourth-order valence-electron chi connectivity index (χ4n) is 1.45. The lowest BCUT2D eigenvalue weighted by atomic mass is 10.1. The average Bonchev–Trinajstić information content (AvgIpc) is 2.80. The molecule has 2 aromatic rings. The third-order valence-corrected chi connectivity index (χ3v) is 2.96. The number of Topliss-reactive ketones (excluding diaryl/α,β-unsaturated/α-hetero) is 1. The zero-order chi connectivity index (χ0) is 12.4. The normalized spacial score (nSPS) is 11.7. The van der Waals surface area contributed by atoms with Gasteiger partial charge >= 0.3 is 0 Å². The van der Waals surface area contributed by atoms with Gasteiger partial charge in [-0.2, -0.15) is 5.10 Å². The Morgan fingerprint density at radius 3 is 2.67 bits per heavy atom. The van der Waals surface area contributed by atoms with E-state index < -0.39 is 6.04 Å². The van der Waals surface area contributed by atoms with Crippen molar-refractivity contribution in [2.45, 2.75) is 13.0 Å². The van der Waals surface area contributed by atoms with Crippen molar-refractivity contribution in [1.82, 2.24) is 14.8 Å². The summed E-state index contributed by atoms with van der Waals surface area (Å²) in [6.07, 6.45) is 2.87. The molecule has 1 aromatic heterocycles. The number of carbonyl (C=O) groups excluding carboxylic acids is 1. The van der Waals surface area contributed by atoms with Crippen molar-refractivity contribution in [2.24, 2.45) is 0 Å². The summed E-state index contributed by atoms with van der Waals surface area (Å²) in [7, 11) is 0. The van der Waals surface area contributed by atoms with E-state index in [0.29, 0.717) is 15.6 Å². The highest BCUT2D eigenvalue weighted by Crippen LogP contribution is 2.24. The molecule has 18 heavy (non-hydrogen) atoms.